The number of hydrogen-bond donors (Lipinski definition) is 0. The van der Waals surface area contributed by atoms with Crippen LogP contribution in [0.15, 0.2) is 52.4 Å². The molecule has 0 aliphatic carbocycles. The van der Waals surface area contributed by atoms with Crippen molar-refractivity contribution in [1.82, 2.24) is 4.90 Å². The number of aryl methyl sites for hydroxylation is 1. The second kappa shape index (κ2) is 9.65. The van der Waals surface area contributed by atoms with Crippen LogP contribution in [-0.2, 0) is 4.79 Å². The van der Waals surface area contributed by atoms with E-state index < -0.39 is 0 Å². The largest absolute Gasteiger partial charge is 0.490 e. The lowest BCUT2D eigenvalue weighted by Gasteiger charge is -2.12. The number of carbonyl (C=O) groups is 1. The molecule has 0 unspecified atom stereocenters. The Morgan fingerprint density at radius 1 is 1.10 bits per heavy atom. The maximum Gasteiger partial charge on any atom is 0.266 e. The van der Waals surface area contributed by atoms with E-state index >= 15 is 0 Å². The van der Waals surface area contributed by atoms with Gasteiger partial charge in [-0.15, -0.1) is 0 Å². The number of hydrogen-bond acceptors (Lipinski definition) is 5. The van der Waals surface area contributed by atoms with Gasteiger partial charge in [-0.05, 0) is 67.4 Å². The highest BCUT2D eigenvalue weighted by Gasteiger charge is 2.30. The molecule has 2 aromatic rings. The molecule has 0 saturated carbocycles. The summed E-state index contributed by atoms with van der Waals surface area (Å²) in [4.78, 5) is 19.6. The van der Waals surface area contributed by atoms with Crippen LogP contribution in [0.1, 0.15) is 31.4 Å². The normalized spacial score (nSPS) is 16.7. The molecule has 1 aliphatic heterocycles. The first-order chi connectivity index (χ1) is 14.0. The minimum absolute atomic E-state index is 0.0633. The lowest BCUT2D eigenvalue weighted by atomic mass is 10.2. The van der Waals surface area contributed by atoms with E-state index in [9.17, 15) is 4.79 Å². The van der Waals surface area contributed by atoms with Crippen LogP contribution >= 0.6 is 11.8 Å². The minimum atomic E-state index is -0.0633. The van der Waals surface area contributed by atoms with E-state index in [0.717, 1.165) is 29.0 Å². The number of thioether (sulfide) groups is 1. The fourth-order valence-electron chi connectivity index (χ4n) is 2.81. The molecule has 1 amide bonds. The van der Waals surface area contributed by atoms with E-state index in [2.05, 4.69) is 11.9 Å². The molecule has 1 saturated heterocycles. The fourth-order valence-corrected chi connectivity index (χ4v) is 3.79. The van der Waals surface area contributed by atoms with Gasteiger partial charge in [-0.25, -0.2) is 4.99 Å². The molecule has 3 rings (SSSR count). The second-order valence-corrected chi connectivity index (χ2v) is 7.65. The number of likely N-dealkylation sites (N-methyl/N-ethyl adjacent to an activating group) is 1. The van der Waals surface area contributed by atoms with Gasteiger partial charge < -0.3 is 9.47 Å². The average Bonchev–Trinajstić information content (AvgIpc) is 2.97. The van der Waals surface area contributed by atoms with Gasteiger partial charge in [-0.1, -0.05) is 31.2 Å². The van der Waals surface area contributed by atoms with E-state index in [0.29, 0.717) is 29.0 Å². The summed E-state index contributed by atoms with van der Waals surface area (Å²) in [6, 6.07) is 13.6. The number of ether oxygens (including phenoxy) is 2. The molecular formula is C23H26N2O3S. The van der Waals surface area contributed by atoms with Crippen molar-refractivity contribution in [2.24, 2.45) is 4.99 Å². The van der Waals surface area contributed by atoms with Crippen LogP contribution in [-0.4, -0.2) is 36.2 Å². The van der Waals surface area contributed by atoms with Crippen LogP contribution in [0.4, 0.5) is 5.69 Å². The number of nitrogens with zero attached hydrogens (tertiary/aromatic N) is 2. The predicted octanol–water partition coefficient (Wildman–Crippen LogP) is 5.42. The number of rotatable bonds is 7. The standard InChI is InChI=1S/C23H26N2O3S/c1-5-13-28-19-12-11-17(14-20(19)27-6-2)15-21-22(26)25(4)23(29-21)24-18-10-8-7-9-16(18)3/h7-12,14-15H,5-6,13H2,1-4H3/b21-15+,24-23?. The Kier molecular flexibility index (Phi) is 6.99. The van der Waals surface area contributed by atoms with Crippen molar-refractivity contribution in [3.05, 3.63) is 58.5 Å². The summed E-state index contributed by atoms with van der Waals surface area (Å²) in [6.45, 7) is 7.20. The predicted molar refractivity (Wildman–Crippen MR) is 120 cm³/mol. The summed E-state index contributed by atoms with van der Waals surface area (Å²) in [7, 11) is 1.75. The summed E-state index contributed by atoms with van der Waals surface area (Å²) < 4.78 is 11.5. The van der Waals surface area contributed by atoms with Crippen LogP contribution in [0.5, 0.6) is 11.5 Å². The SMILES string of the molecule is CCCOc1ccc(/C=C2/SC(=Nc3ccccc3C)N(C)C2=O)cc1OCC. The Labute approximate surface area is 176 Å². The maximum absolute atomic E-state index is 12.7. The van der Waals surface area contributed by atoms with Gasteiger partial charge in [0.25, 0.3) is 5.91 Å². The molecule has 1 heterocycles. The summed E-state index contributed by atoms with van der Waals surface area (Å²) >= 11 is 1.38. The van der Waals surface area contributed by atoms with Gasteiger partial charge >= 0.3 is 0 Å². The van der Waals surface area contributed by atoms with Crippen molar-refractivity contribution in [3.63, 3.8) is 0 Å². The summed E-state index contributed by atoms with van der Waals surface area (Å²) in [5.74, 6) is 1.35. The molecule has 1 fully saturated rings. The highest BCUT2D eigenvalue weighted by Crippen LogP contribution is 2.35. The van der Waals surface area contributed by atoms with Crippen molar-refractivity contribution in [1.29, 1.82) is 0 Å². The van der Waals surface area contributed by atoms with E-state index in [-0.39, 0.29) is 5.91 Å². The van der Waals surface area contributed by atoms with Crippen LogP contribution in [0.25, 0.3) is 6.08 Å². The highest BCUT2D eigenvalue weighted by atomic mass is 32.2. The van der Waals surface area contributed by atoms with Gasteiger partial charge in [0, 0.05) is 7.05 Å². The molecule has 0 N–H and O–H groups in total. The van der Waals surface area contributed by atoms with Crippen LogP contribution in [0, 0.1) is 6.92 Å². The number of para-hydroxylation sites is 1. The third-order valence-corrected chi connectivity index (χ3v) is 5.42. The first kappa shape index (κ1) is 21.0. The Hall–Kier alpha value is -2.73. The average molecular weight is 411 g/mol. The lowest BCUT2D eigenvalue weighted by Crippen LogP contribution is -2.23. The molecule has 0 bridgehead atoms. The molecule has 6 heteroatoms. The third-order valence-electron chi connectivity index (χ3n) is 4.36. The molecule has 1 aliphatic rings. The zero-order valence-electron chi connectivity index (χ0n) is 17.3. The molecule has 0 spiro atoms. The Balaban J connectivity index is 1.87. The molecule has 5 nitrogen and oxygen atoms in total. The van der Waals surface area contributed by atoms with Gasteiger partial charge in [0.2, 0.25) is 0 Å². The number of amides is 1. The maximum atomic E-state index is 12.7. The lowest BCUT2D eigenvalue weighted by molar-refractivity contribution is -0.121. The number of carbonyl (C=O) groups excluding carboxylic acids is 1. The number of amidine groups is 1. The van der Waals surface area contributed by atoms with Gasteiger partial charge in [0.05, 0.1) is 23.8 Å². The van der Waals surface area contributed by atoms with E-state index in [4.69, 9.17) is 9.47 Å². The molecule has 0 aromatic heterocycles. The van der Waals surface area contributed by atoms with Gasteiger partial charge in [-0.3, -0.25) is 9.69 Å². The van der Waals surface area contributed by atoms with Crippen molar-refractivity contribution >= 4 is 34.6 Å². The van der Waals surface area contributed by atoms with Gasteiger partial charge in [0.15, 0.2) is 16.7 Å². The zero-order chi connectivity index (χ0) is 20.8. The molecular weight excluding hydrogens is 384 g/mol. The van der Waals surface area contributed by atoms with Crippen LogP contribution < -0.4 is 9.47 Å². The van der Waals surface area contributed by atoms with Crippen molar-refractivity contribution < 1.29 is 14.3 Å². The Morgan fingerprint density at radius 3 is 2.62 bits per heavy atom. The van der Waals surface area contributed by atoms with Crippen molar-refractivity contribution in [2.45, 2.75) is 27.2 Å². The minimum Gasteiger partial charge on any atom is -0.490 e. The molecule has 29 heavy (non-hydrogen) atoms. The fraction of sp³-hybridized carbons (Fsp3) is 0.304. The Bertz CT molecular complexity index is 953. The summed E-state index contributed by atoms with van der Waals surface area (Å²) in [5, 5.41) is 0.670. The van der Waals surface area contributed by atoms with E-state index in [1.54, 1.807) is 11.9 Å². The first-order valence-electron chi connectivity index (χ1n) is 9.75. The highest BCUT2D eigenvalue weighted by molar-refractivity contribution is 8.18. The van der Waals surface area contributed by atoms with Crippen molar-refractivity contribution in [3.8, 4) is 11.5 Å². The number of aliphatic imine (C=N–C) groups is 1. The van der Waals surface area contributed by atoms with E-state index in [1.807, 2.05) is 62.4 Å². The van der Waals surface area contributed by atoms with Gasteiger partial charge in [-0.2, -0.15) is 0 Å². The first-order valence-corrected chi connectivity index (χ1v) is 10.6. The summed E-state index contributed by atoms with van der Waals surface area (Å²) in [5.41, 5.74) is 2.83. The number of benzene rings is 2. The summed E-state index contributed by atoms with van der Waals surface area (Å²) in [6.07, 6.45) is 2.80. The van der Waals surface area contributed by atoms with Crippen LogP contribution in [0.3, 0.4) is 0 Å². The third kappa shape index (κ3) is 5.01. The van der Waals surface area contributed by atoms with E-state index in [1.165, 1.54) is 11.8 Å². The molecule has 2 aromatic carbocycles. The molecule has 0 atom stereocenters. The van der Waals surface area contributed by atoms with Gasteiger partial charge in [0.1, 0.15) is 0 Å². The van der Waals surface area contributed by atoms with Crippen LogP contribution in [0.2, 0.25) is 0 Å². The zero-order valence-corrected chi connectivity index (χ0v) is 18.1. The Morgan fingerprint density at radius 2 is 1.90 bits per heavy atom. The topological polar surface area (TPSA) is 51.1 Å². The molecule has 0 radical (unpaired) electrons. The monoisotopic (exact) mass is 410 g/mol. The molecule has 152 valence electrons. The van der Waals surface area contributed by atoms with Crippen molar-refractivity contribution in [2.75, 3.05) is 20.3 Å². The smallest absolute Gasteiger partial charge is 0.266 e. The quantitative estimate of drug-likeness (QED) is 0.572. The second-order valence-electron chi connectivity index (χ2n) is 6.64.